The number of aromatic nitrogens is 2. The third-order valence-electron chi connectivity index (χ3n) is 4.46. The van der Waals surface area contributed by atoms with Crippen LogP contribution in [0.4, 0.5) is 5.69 Å². The van der Waals surface area contributed by atoms with E-state index in [1.54, 1.807) is 18.2 Å². The summed E-state index contributed by atoms with van der Waals surface area (Å²) in [5, 5.41) is 3.31. The summed E-state index contributed by atoms with van der Waals surface area (Å²) < 4.78 is 5.90. The van der Waals surface area contributed by atoms with E-state index in [4.69, 9.17) is 27.9 Å². The number of amides is 1. The molecule has 6 nitrogen and oxygen atoms in total. The van der Waals surface area contributed by atoms with E-state index in [2.05, 4.69) is 15.3 Å². The van der Waals surface area contributed by atoms with E-state index in [9.17, 15) is 9.59 Å². The van der Waals surface area contributed by atoms with Crippen LogP contribution >= 0.6 is 23.2 Å². The minimum absolute atomic E-state index is 0.137. The fourth-order valence-electron chi connectivity index (χ4n) is 2.99. The number of hydrogen-bond donors (Lipinski definition) is 2. The first-order valence-corrected chi connectivity index (χ1v) is 9.71. The monoisotopic (exact) mass is 439 g/mol. The molecule has 0 aliphatic heterocycles. The van der Waals surface area contributed by atoms with Gasteiger partial charge in [0, 0.05) is 24.0 Å². The number of carbonyl (C=O) groups is 2. The zero-order valence-corrected chi connectivity index (χ0v) is 17.0. The molecular weight excluding hydrogens is 425 g/mol. The molecule has 0 saturated heterocycles. The lowest BCUT2D eigenvalue weighted by atomic mass is 10.1. The Bertz CT molecular complexity index is 1220. The molecule has 30 heavy (non-hydrogen) atoms. The van der Waals surface area contributed by atoms with Crippen molar-refractivity contribution in [1.82, 2.24) is 9.97 Å². The highest BCUT2D eigenvalue weighted by Crippen LogP contribution is 2.30. The first-order chi connectivity index (χ1) is 14.5. The maximum Gasteiger partial charge on any atom is 0.296 e. The lowest BCUT2D eigenvalue weighted by molar-refractivity contribution is -0.112. The molecule has 0 aliphatic rings. The Hall–Kier alpha value is -3.35. The predicted octanol–water partition coefficient (Wildman–Crippen LogP) is 5.27. The van der Waals surface area contributed by atoms with Gasteiger partial charge in [-0.3, -0.25) is 14.6 Å². The van der Waals surface area contributed by atoms with Crippen LogP contribution in [0.25, 0.3) is 10.9 Å². The van der Waals surface area contributed by atoms with Crippen molar-refractivity contribution in [1.29, 1.82) is 0 Å². The highest BCUT2D eigenvalue weighted by molar-refractivity contribution is 6.50. The van der Waals surface area contributed by atoms with Gasteiger partial charge >= 0.3 is 0 Å². The SMILES string of the molecule is O=C(Nc1c(Cl)cncc1Cl)C(=O)c1c[nH]c2c(OCc3ccccc3)cccc12. The molecule has 2 aromatic carbocycles. The third kappa shape index (κ3) is 4.01. The number of H-pyrrole nitrogens is 1. The lowest BCUT2D eigenvalue weighted by Crippen LogP contribution is -2.23. The number of ketones is 1. The molecule has 0 fully saturated rings. The second-order valence-electron chi connectivity index (χ2n) is 6.42. The van der Waals surface area contributed by atoms with Gasteiger partial charge < -0.3 is 15.0 Å². The molecule has 0 unspecified atom stereocenters. The number of benzene rings is 2. The Morgan fingerprint density at radius 1 is 1.00 bits per heavy atom. The summed E-state index contributed by atoms with van der Waals surface area (Å²) in [5.74, 6) is -1.01. The van der Waals surface area contributed by atoms with Gasteiger partial charge in [-0.2, -0.15) is 0 Å². The third-order valence-corrected chi connectivity index (χ3v) is 5.03. The molecule has 0 aliphatic carbocycles. The van der Waals surface area contributed by atoms with Crippen LogP contribution in [0.5, 0.6) is 5.75 Å². The average Bonchev–Trinajstić information content (AvgIpc) is 3.19. The van der Waals surface area contributed by atoms with Crippen molar-refractivity contribution in [3.63, 3.8) is 0 Å². The summed E-state index contributed by atoms with van der Waals surface area (Å²) in [6.45, 7) is 0.377. The number of anilines is 1. The molecule has 8 heteroatoms. The first kappa shape index (κ1) is 19.9. The van der Waals surface area contributed by atoms with E-state index in [0.717, 1.165) is 5.56 Å². The van der Waals surface area contributed by atoms with Gasteiger partial charge in [0.25, 0.3) is 11.7 Å². The minimum Gasteiger partial charge on any atom is -0.487 e. The van der Waals surface area contributed by atoms with E-state index >= 15 is 0 Å². The number of aromatic amines is 1. The van der Waals surface area contributed by atoms with Crippen LogP contribution in [0.2, 0.25) is 10.0 Å². The standard InChI is InChI=1S/C22H15Cl2N3O3/c23-16-10-25-11-17(24)20(16)27-22(29)21(28)15-9-26-19-14(15)7-4-8-18(19)30-12-13-5-2-1-3-6-13/h1-11,26H,12H2,(H,25,27,29). The van der Waals surface area contributed by atoms with Crippen molar-refractivity contribution >= 4 is 51.5 Å². The lowest BCUT2D eigenvalue weighted by Gasteiger charge is -2.08. The van der Waals surface area contributed by atoms with Crippen molar-refractivity contribution in [3.8, 4) is 5.75 Å². The Morgan fingerprint density at radius 3 is 2.47 bits per heavy atom. The van der Waals surface area contributed by atoms with E-state index < -0.39 is 11.7 Å². The Kier molecular flexibility index (Phi) is 5.70. The van der Waals surface area contributed by atoms with Crippen LogP contribution in [0.3, 0.4) is 0 Å². The molecule has 150 valence electrons. The van der Waals surface area contributed by atoms with Gasteiger partial charge in [-0.25, -0.2) is 0 Å². The molecule has 0 radical (unpaired) electrons. The van der Waals surface area contributed by atoms with Crippen LogP contribution in [-0.2, 0) is 11.4 Å². The quantitative estimate of drug-likeness (QED) is 0.316. The number of carbonyl (C=O) groups excluding carboxylic acids is 2. The second-order valence-corrected chi connectivity index (χ2v) is 7.23. The molecule has 0 atom stereocenters. The van der Waals surface area contributed by atoms with E-state index in [1.807, 2.05) is 30.3 Å². The molecule has 2 N–H and O–H groups in total. The zero-order valence-electron chi connectivity index (χ0n) is 15.5. The summed E-state index contributed by atoms with van der Waals surface area (Å²) in [6.07, 6.45) is 4.14. The molecule has 2 aromatic heterocycles. The summed E-state index contributed by atoms with van der Waals surface area (Å²) in [5.41, 5.74) is 2.00. The van der Waals surface area contributed by atoms with Gasteiger partial charge in [-0.1, -0.05) is 65.7 Å². The van der Waals surface area contributed by atoms with Gasteiger partial charge in [0.05, 0.1) is 26.8 Å². The molecule has 0 bridgehead atoms. The van der Waals surface area contributed by atoms with Crippen LogP contribution in [0.1, 0.15) is 15.9 Å². The number of hydrogen-bond acceptors (Lipinski definition) is 4. The Balaban J connectivity index is 1.57. The number of pyridine rings is 1. The predicted molar refractivity (Wildman–Crippen MR) is 116 cm³/mol. The maximum atomic E-state index is 12.8. The summed E-state index contributed by atoms with van der Waals surface area (Å²) in [7, 11) is 0. The van der Waals surface area contributed by atoms with Crippen molar-refractivity contribution in [3.05, 3.63) is 88.3 Å². The van der Waals surface area contributed by atoms with E-state index in [1.165, 1.54) is 18.6 Å². The normalized spacial score (nSPS) is 10.7. The number of nitrogens with one attached hydrogen (secondary N) is 2. The summed E-state index contributed by atoms with van der Waals surface area (Å²) in [6, 6.07) is 15.0. The molecule has 2 heterocycles. The number of ether oxygens (including phenoxy) is 1. The smallest absolute Gasteiger partial charge is 0.296 e. The molecule has 1 amide bonds. The molecule has 4 aromatic rings. The topological polar surface area (TPSA) is 84.1 Å². The maximum absolute atomic E-state index is 12.8. The van der Waals surface area contributed by atoms with Crippen LogP contribution in [0, 0.1) is 0 Å². The fraction of sp³-hybridized carbons (Fsp3) is 0.0455. The van der Waals surface area contributed by atoms with Gasteiger partial charge in [-0.15, -0.1) is 0 Å². The first-order valence-electron chi connectivity index (χ1n) is 8.96. The highest BCUT2D eigenvalue weighted by atomic mass is 35.5. The Morgan fingerprint density at radius 2 is 1.73 bits per heavy atom. The zero-order chi connectivity index (χ0) is 21.1. The fourth-order valence-corrected chi connectivity index (χ4v) is 3.45. The Labute approximate surface area is 181 Å². The summed E-state index contributed by atoms with van der Waals surface area (Å²) in [4.78, 5) is 32.1. The number of nitrogens with zero attached hydrogens (tertiary/aromatic N) is 1. The number of halogens is 2. The molecule has 0 saturated carbocycles. The second kappa shape index (κ2) is 8.57. The largest absolute Gasteiger partial charge is 0.487 e. The summed E-state index contributed by atoms with van der Waals surface area (Å²) >= 11 is 12.0. The number of para-hydroxylation sites is 1. The van der Waals surface area contributed by atoms with Gasteiger partial charge in [0.15, 0.2) is 0 Å². The van der Waals surface area contributed by atoms with Gasteiger partial charge in [0.2, 0.25) is 0 Å². The van der Waals surface area contributed by atoms with Crippen molar-refractivity contribution in [2.75, 3.05) is 5.32 Å². The van der Waals surface area contributed by atoms with Crippen molar-refractivity contribution in [2.24, 2.45) is 0 Å². The van der Waals surface area contributed by atoms with Crippen molar-refractivity contribution < 1.29 is 14.3 Å². The van der Waals surface area contributed by atoms with Gasteiger partial charge in [0.1, 0.15) is 12.4 Å². The van der Waals surface area contributed by atoms with Crippen molar-refractivity contribution in [2.45, 2.75) is 6.61 Å². The van der Waals surface area contributed by atoms with Gasteiger partial charge in [-0.05, 0) is 11.6 Å². The van der Waals surface area contributed by atoms with Crippen LogP contribution < -0.4 is 10.1 Å². The number of fused-ring (bicyclic) bond motifs is 1. The van der Waals surface area contributed by atoms with Crippen LogP contribution in [0.15, 0.2) is 67.1 Å². The molecule has 4 rings (SSSR count). The number of rotatable bonds is 6. The molecular formula is C22H15Cl2N3O3. The highest BCUT2D eigenvalue weighted by Gasteiger charge is 2.23. The average molecular weight is 440 g/mol. The number of Topliss-reactive ketones (excluding diaryl/α,β-unsaturated/α-hetero) is 1. The van der Waals surface area contributed by atoms with E-state index in [0.29, 0.717) is 23.3 Å². The van der Waals surface area contributed by atoms with Crippen LogP contribution in [-0.4, -0.2) is 21.7 Å². The minimum atomic E-state index is -0.860. The molecule has 0 spiro atoms. The van der Waals surface area contributed by atoms with E-state index in [-0.39, 0.29) is 21.3 Å².